The molecule has 2 fully saturated rings. The van der Waals surface area contributed by atoms with E-state index in [4.69, 9.17) is 20.9 Å². The Kier molecular flexibility index (Phi) is 29.2. The zero-order valence-corrected chi connectivity index (χ0v) is 56.9. The first kappa shape index (κ1) is 82.1. The number of nitrogens with zero attached hydrogens (tertiary/aromatic N) is 8. The molecule has 96 heavy (non-hydrogen) atoms. The number of phosphoric acid groups is 6. The Labute approximate surface area is 548 Å². The minimum absolute atomic E-state index is 0.0121. The van der Waals surface area contributed by atoms with Crippen molar-refractivity contribution in [3.63, 3.8) is 0 Å². The van der Waals surface area contributed by atoms with Gasteiger partial charge in [0, 0.05) is 55.6 Å². The van der Waals surface area contributed by atoms with Gasteiger partial charge in [0.15, 0.2) is 35.4 Å². The SMILES string of the molecule is CC(C)(COP(=O)([O-])OP(=O)([O-])OCC1OC(n2cnc3c(N)ncnc32)C(O)C1OP(=O)([O-])[O-])C(O)C(=O)NCCC(=O)NCCS.CCCNC(=O)CCNC(=O)C(O)C(C)(C)COP(=O)([O-])OP(=O)([O-])OCC1OC(n2cnc3c(N)ncnc32)C(O)C1OP(=O)([O-])[O-]. The number of carbonyl (C=O) groups is 4. The second-order valence-corrected chi connectivity index (χ2v) is 30.3. The Hall–Kier alpha value is -4.57. The average Bonchev–Trinajstić information content (AvgIpc) is 1.62. The van der Waals surface area contributed by atoms with Crippen molar-refractivity contribution in [1.82, 2.24) is 60.3 Å². The monoisotopic (exact) mass is 1510 g/mol. The highest BCUT2D eigenvalue weighted by molar-refractivity contribution is 7.80. The molecule has 53 heteroatoms. The Balaban J connectivity index is 0.000000347. The minimum Gasteiger partial charge on any atom is -0.790 e. The summed E-state index contributed by atoms with van der Waals surface area (Å²) in [7, 11) is -35.0. The van der Waals surface area contributed by atoms with Crippen LogP contribution in [0.2, 0.25) is 0 Å². The first-order valence-corrected chi connectivity index (χ1v) is 37.0. The van der Waals surface area contributed by atoms with Gasteiger partial charge in [0.1, 0.15) is 72.5 Å². The molecule has 14 unspecified atom stereocenters. The maximum atomic E-state index is 12.4. The number of nitrogens with two attached hydrogens (primary N) is 2. The third kappa shape index (κ3) is 24.4. The van der Waals surface area contributed by atoms with Crippen LogP contribution in [0.4, 0.5) is 11.6 Å². The third-order valence-corrected chi connectivity index (χ3v) is 19.4. The molecule has 544 valence electrons. The number of thiol groups is 1. The van der Waals surface area contributed by atoms with Gasteiger partial charge in [-0.2, -0.15) is 12.6 Å². The van der Waals surface area contributed by atoms with Crippen LogP contribution in [0.1, 0.15) is 66.3 Å². The standard InChI is InChI=1S/C22H38N7O16P3.C21H36N7O16P3S/c1-4-6-24-13(30)5-7-25-20(33)17(32)22(2,3)9-42-48(39,40)45-47(37,38)41-8-12-16(44-46(34,35)36)15(31)21(43-12)29-11-28-14-18(23)26-10-27-19(14)29;1-21(2,16(31)19(32)24-4-3-12(29)23-5-6-48)8-41-47(38,39)44-46(36,37)40-7-11-15(43-45(33,34)35)14(30)20(42-11)28-10-27-13-17(22)25-9-26-18(13)28/h10-12,15-17,21,31-32H,4-9H2,1-3H3,(H,24,30)(H,25,33)(H,37,38)(H,39,40)(H2,23,26,27)(H2,34,35,36);9-11,14-16,20,30-31,48H,3-8H2,1-2H3,(H,23,29)(H,24,32)(H,36,37)(H,38,39)(H2,22,25,26)(H2,33,34,35)/p-8. The molecule has 2 aliphatic heterocycles. The molecule has 4 amide bonds. The van der Waals surface area contributed by atoms with E-state index in [2.05, 4.69) is 99.6 Å². The fourth-order valence-corrected chi connectivity index (χ4v) is 13.9. The molecule has 0 bridgehead atoms. The molecule has 0 spiro atoms. The van der Waals surface area contributed by atoms with Gasteiger partial charge in [0.2, 0.25) is 23.6 Å². The number of hydrogen-bond acceptors (Lipinski definition) is 41. The van der Waals surface area contributed by atoms with Crippen molar-refractivity contribution in [2.75, 3.05) is 69.8 Å². The third-order valence-electron chi connectivity index (χ3n) is 13.1. The van der Waals surface area contributed by atoms with Crippen molar-refractivity contribution in [3.05, 3.63) is 25.3 Å². The fourth-order valence-electron chi connectivity index (χ4n) is 8.29. The summed E-state index contributed by atoms with van der Waals surface area (Å²) in [4.78, 5) is 166. The number of nitrogen functional groups attached to an aromatic ring is 2. The second-order valence-electron chi connectivity index (χ2n) is 21.7. The van der Waals surface area contributed by atoms with E-state index in [0.29, 0.717) is 25.3 Å². The molecule has 46 nitrogen and oxygen atoms in total. The van der Waals surface area contributed by atoms with E-state index in [0.717, 1.165) is 34.4 Å². The van der Waals surface area contributed by atoms with Crippen molar-refractivity contribution < 1.29 is 151 Å². The lowest BCUT2D eigenvalue weighted by atomic mass is 9.87. The lowest BCUT2D eigenvalue weighted by molar-refractivity contribution is -0.348. The maximum absolute atomic E-state index is 12.4. The summed E-state index contributed by atoms with van der Waals surface area (Å²) in [6, 6.07) is 0. The molecular weight excluding hydrogens is 1440 g/mol. The van der Waals surface area contributed by atoms with E-state index in [1.54, 1.807) is 0 Å². The van der Waals surface area contributed by atoms with Gasteiger partial charge in [-0.3, -0.25) is 46.6 Å². The van der Waals surface area contributed by atoms with E-state index in [1.165, 1.54) is 27.7 Å². The number of ether oxygens (including phenoxy) is 2. The number of aliphatic hydroxyl groups excluding tert-OH is 4. The number of hydrogen-bond donors (Lipinski definition) is 11. The number of nitrogens with one attached hydrogen (secondary N) is 4. The van der Waals surface area contributed by atoms with Gasteiger partial charge in [-0.1, -0.05) is 34.6 Å². The van der Waals surface area contributed by atoms with Crippen LogP contribution in [0, 0.1) is 10.8 Å². The number of imidazole rings is 2. The number of phosphoric ester groups is 6. The van der Waals surface area contributed by atoms with Gasteiger partial charge in [-0.15, -0.1) is 0 Å². The van der Waals surface area contributed by atoms with Crippen LogP contribution in [-0.4, -0.2) is 190 Å². The van der Waals surface area contributed by atoms with Crippen molar-refractivity contribution in [2.45, 2.75) is 115 Å². The molecule has 4 aromatic rings. The molecule has 14 atom stereocenters. The fraction of sp³-hybridized carbons (Fsp3) is 0.674. The number of rotatable bonds is 36. The van der Waals surface area contributed by atoms with Crippen LogP contribution in [0.15, 0.2) is 25.3 Å². The van der Waals surface area contributed by atoms with Crippen LogP contribution in [-0.2, 0) is 91.8 Å². The van der Waals surface area contributed by atoms with Crippen LogP contribution < -0.4 is 71.9 Å². The number of fused-ring (bicyclic) bond motifs is 2. The number of anilines is 2. The largest absolute Gasteiger partial charge is 0.790 e. The molecular formula is C43H66N14O32P6S-8. The molecule has 4 aromatic heterocycles. The maximum Gasteiger partial charge on any atom is 0.274 e. The van der Waals surface area contributed by atoms with Gasteiger partial charge >= 0.3 is 0 Å². The van der Waals surface area contributed by atoms with Crippen LogP contribution in [0.5, 0.6) is 0 Å². The molecule has 12 N–H and O–H groups in total. The average molecular weight is 1510 g/mol. The summed E-state index contributed by atoms with van der Waals surface area (Å²) in [6.45, 7) is 2.69. The van der Waals surface area contributed by atoms with Gasteiger partial charge in [0.25, 0.3) is 31.3 Å². The molecule has 6 rings (SSSR count). The summed E-state index contributed by atoms with van der Waals surface area (Å²) in [5.41, 5.74) is 8.23. The Morgan fingerprint density at radius 2 is 0.938 bits per heavy atom. The first-order valence-electron chi connectivity index (χ1n) is 27.6. The smallest absolute Gasteiger partial charge is 0.274 e. The Morgan fingerprint density at radius 1 is 0.583 bits per heavy atom. The van der Waals surface area contributed by atoms with Crippen molar-refractivity contribution in [2.24, 2.45) is 10.8 Å². The number of amides is 4. The van der Waals surface area contributed by atoms with Crippen LogP contribution in [0.3, 0.4) is 0 Å². The number of aromatic nitrogens is 8. The van der Waals surface area contributed by atoms with Crippen LogP contribution >= 0.6 is 59.6 Å². The number of aliphatic hydroxyl groups is 4. The summed E-state index contributed by atoms with van der Waals surface area (Å²) >= 11 is 3.94. The summed E-state index contributed by atoms with van der Waals surface area (Å²) < 4.78 is 120. The predicted octanol–water partition coefficient (Wildman–Crippen LogP) is -7.91. The summed E-state index contributed by atoms with van der Waals surface area (Å²) in [6.07, 6.45) is -14.1. The summed E-state index contributed by atoms with van der Waals surface area (Å²) in [5.74, 6) is -2.44. The topological polar surface area (TPSA) is 716 Å². The van der Waals surface area contributed by atoms with Gasteiger partial charge < -0.3 is 138 Å². The first-order chi connectivity index (χ1) is 44.3. The summed E-state index contributed by atoms with van der Waals surface area (Å²) in [5, 5.41) is 51.9. The zero-order chi connectivity index (χ0) is 72.2. The molecule has 0 radical (unpaired) electrons. The number of carbonyl (C=O) groups excluding carboxylic acids is 4. The lowest BCUT2D eigenvalue weighted by Gasteiger charge is -2.36. The Morgan fingerprint density at radius 3 is 1.28 bits per heavy atom. The zero-order valence-electron chi connectivity index (χ0n) is 50.7. The van der Waals surface area contributed by atoms with Gasteiger partial charge in [-0.25, -0.2) is 38.5 Å². The molecule has 2 aliphatic rings. The van der Waals surface area contributed by atoms with Gasteiger partial charge in [0.05, 0.1) is 54.7 Å². The van der Waals surface area contributed by atoms with Crippen molar-refractivity contribution in [3.8, 4) is 0 Å². The molecule has 0 aromatic carbocycles. The predicted molar refractivity (Wildman–Crippen MR) is 306 cm³/mol. The molecule has 0 saturated carbocycles. The van der Waals surface area contributed by atoms with E-state index < -0.39 is 163 Å². The molecule has 2 saturated heterocycles. The minimum atomic E-state index is -5.88. The quantitative estimate of drug-likeness (QED) is 0.0149. The highest BCUT2D eigenvalue weighted by Crippen LogP contribution is 2.58. The normalized spacial score (nSPS) is 23.4. The molecule has 0 aliphatic carbocycles. The molecule has 6 heterocycles. The van der Waals surface area contributed by atoms with E-state index in [1.807, 2.05) is 6.92 Å². The van der Waals surface area contributed by atoms with Crippen LogP contribution in [0.25, 0.3) is 22.3 Å². The lowest BCUT2D eigenvalue weighted by Crippen LogP contribution is -2.46. The van der Waals surface area contributed by atoms with E-state index in [-0.39, 0.29) is 65.8 Å². The van der Waals surface area contributed by atoms with Gasteiger partial charge in [-0.05, 0) is 6.42 Å². The second kappa shape index (κ2) is 34.2. The van der Waals surface area contributed by atoms with Crippen molar-refractivity contribution in [1.29, 1.82) is 0 Å². The van der Waals surface area contributed by atoms with E-state index >= 15 is 0 Å². The van der Waals surface area contributed by atoms with E-state index in [9.17, 15) is 106 Å². The Bertz CT molecular complexity index is 3410. The van der Waals surface area contributed by atoms with Crippen molar-refractivity contribution >= 4 is 117 Å². The highest BCUT2D eigenvalue weighted by atomic mass is 32.1. The highest BCUT2D eigenvalue weighted by Gasteiger charge is 2.49.